The van der Waals surface area contributed by atoms with Crippen molar-refractivity contribution < 1.29 is 19.1 Å². The molecule has 9 heteroatoms. The van der Waals surface area contributed by atoms with Gasteiger partial charge < -0.3 is 30.0 Å². The maximum absolute atomic E-state index is 13.2. The van der Waals surface area contributed by atoms with E-state index in [9.17, 15) is 14.7 Å². The number of nitrogens with one attached hydrogen (secondary N) is 2. The Balaban J connectivity index is 1.21. The number of aliphatic hydroxyl groups is 1. The quantitative estimate of drug-likeness (QED) is 0.403. The Bertz CT molecular complexity index is 1380. The molecule has 3 N–H and O–H groups in total. The van der Waals surface area contributed by atoms with Gasteiger partial charge in [0, 0.05) is 49.4 Å². The van der Waals surface area contributed by atoms with E-state index in [1.54, 1.807) is 6.07 Å². The van der Waals surface area contributed by atoms with Gasteiger partial charge in [-0.2, -0.15) is 0 Å². The summed E-state index contributed by atoms with van der Waals surface area (Å²) in [6.07, 6.45) is 6.19. The Hall–Kier alpha value is -3.85. The van der Waals surface area contributed by atoms with Crippen LogP contribution in [-0.2, 0) is 0 Å². The molecular weight excluding hydrogens is 506 g/mol. The van der Waals surface area contributed by atoms with E-state index in [1.165, 1.54) is 17.5 Å². The summed E-state index contributed by atoms with van der Waals surface area (Å²) >= 11 is 0. The van der Waals surface area contributed by atoms with Gasteiger partial charge in [-0.1, -0.05) is 18.2 Å². The molecule has 40 heavy (non-hydrogen) atoms. The molecule has 2 aliphatic carbocycles. The number of amides is 2. The van der Waals surface area contributed by atoms with E-state index in [4.69, 9.17) is 4.42 Å². The van der Waals surface area contributed by atoms with Crippen LogP contribution >= 0.6 is 0 Å². The van der Waals surface area contributed by atoms with Gasteiger partial charge in [0.15, 0.2) is 11.6 Å². The number of oxazole rings is 1. The van der Waals surface area contributed by atoms with Gasteiger partial charge in [-0.3, -0.25) is 9.59 Å². The molecule has 1 aliphatic heterocycles. The normalized spacial score (nSPS) is 21.2. The molecule has 2 atom stereocenters. The van der Waals surface area contributed by atoms with E-state index in [2.05, 4.69) is 56.6 Å². The molecule has 0 unspecified atom stereocenters. The zero-order valence-corrected chi connectivity index (χ0v) is 22.9. The molecule has 210 valence electrons. The molecule has 0 spiro atoms. The molecule has 9 nitrogen and oxygen atoms in total. The van der Waals surface area contributed by atoms with E-state index >= 15 is 0 Å². The minimum absolute atomic E-state index is 0.0561. The number of aliphatic hydroxyl groups excluding tert-OH is 1. The van der Waals surface area contributed by atoms with E-state index in [0.29, 0.717) is 29.5 Å². The van der Waals surface area contributed by atoms with Crippen molar-refractivity contribution in [3.8, 4) is 0 Å². The number of rotatable bonds is 7. The fraction of sp³-hybridized carbons (Fsp3) is 0.452. The van der Waals surface area contributed by atoms with Crippen LogP contribution in [0.2, 0.25) is 0 Å². The van der Waals surface area contributed by atoms with Crippen molar-refractivity contribution >= 4 is 28.9 Å². The van der Waals surface area contributed by atoms with E-state index < -0.39 is 0 Å². The fourth-order valence-corrected chi connectivity index (χ4v) is 5.82. The van der Waals surface area contributed by atoms with Gasteiger partial charge in [0.2, 0.25) is 0 Å². The van der Waals surface area contributed by atoms with Crippen LogP contribution in [0.1, 0.15) is 76.7 Å². The van der Waals surface area contributed by atoms with Crippen molar-refractivity contribution in [1.82, 2.24) is 10.3 Å². The third-order valence-electron chi connectivity index (χ3n) is 8.25. The smallest absolute Gasteiger partial charge is 0.277 e. The molecule has 3 fully saturated rings. The van der Waals surface area contributed by atoms with Crippen molar-refractivity contribution in [1.29, 1.82) is 0 Å². The summed E-state index contributed by atoms with van der Waals surface area (Å²) in [5.41, 5.74) is 4.64. The van der Waals surface area contributed by atoms with E-state index in [0.717, 1.165) is 64.0 Å². The molecule has 0 bridgehead atoms. The van der Waals surface area contributed by atoms with Gasteiger partial charge >= 0.3 is 0 Å². The Morgan fingerprint density at radius 1 is 0.950 bits per heavy atom. The zero-order chi connectivity index (χ0) is 27.6. The highest BCUT2D eigenvalue weighted by Gasteiger charge is 2.30. The second-order valence-corrected chi connectivity index (χ2v) is 11.3. The number of piperazine rings is 1. The molecular formula is C31H37N5O4. The molecule has 6 rings (SSSR count). The highest BCUT2D eigenvalue weighted by molar-refractivity contribution is 6.06. The molecule has 2 aromatic carbocycles. The standard InChI is InChI=1S/C31H37N5O4/c1-20-5-2-3-8-27(20)35-13-15-36(16-14-35)28-12-11-22(29(38)32-23-6-4-7-24(37)18-23)17-25(28)33-30(39)26-19-40-31(34-26)21-9-10-21/h2-3,5,8,11-12,17,19,21,23-24,37H,4,6-7,9-10,13-16,18H2,1H3,(H,32,38)(H,33,39)/t23-,24+/m0/s1. The monoisotopic (exact) mass is 543 g/mol. The van der Waals surface area contributed by atoms with Crippen LogP contribution in [0.4, 0.5) is 17.1 Å². The number of nitrogens with zero attached hydrogens (tertiary/aromatic N) is 3. The second kappa shape index (κ2) is 11.3. The predicted octanol–water partition coefficient (Wildman–Crippen LogP) is 4.47. The lowest BCUT2D eigenvalue weighted by atomic mass is 9.93. The summed E-state index contributed by atoms with van der Waals surface area (Å²) in [6, 6.07) is 13.8. The predicted molar refractivity (Wildman–Crippen MR) is 154 cm³/mol. The Kier molecular flexibility index (Phi) is 7.47. The van der Waals surface area contributed by atoms with Gasteiger partial charge in [0.25, 0.3) is 11.8 Å². The number of aryl methyl sites for hydroxylation is 1. The molecule has 1 aromatic heterocycles. The first kappa shape index (κ1) is 26.4. The SMILES string of the molecule is Cc1ccccc1N1CCN(c2ccc(C(=O)N[C@H]3CCC[C@@H](O)C3)cc2NC(=O)c2coc(C3CC3)n2)CC1. The van der Waals surface area contributed by atoms with E-state index in [-0.39, 0.29) is 29.7 Å². The van der Waals surface area contributed by atoms with Crippen LogP contribution in [0.25, 0.3) is 0 Å². The zero-order valence-electron chi connectivity index (χ0n) is 22.9. The van der Waals surface area contributed by atoms with Crippen LogP contribution in [0.5, 0.6) is 0 Å². The summed E-state index contributed by atoms with van der Waals surface area (Å²) in [5.74, 6) is 0.360. The van der Waals surface area contributed by atoms with Crippen LogP contribution in [-0.4, -0.2) is 60.2 Å². The van der Waals surface area contributed by atoms with Crippen LogP contribution in [0.3, 0.4) is 0 Å². The minimum atomic E-state index is -0.377. The molecule has 2 heterocycles. The summed E-state index contributed by atoms with van der Waals surface area (Å²) in [6.45, 7) is 5.37. The second-order valence-electron chi connectivity index (χ2n) is 11.3. The number of hydrogen-bond donors (Lipinski definition) is 3. The topological polar surface area (TPSA) is 111 Å². The molecule has 3 aromatic rings. The van der Waals surface area contributed by atoms with Crippen molar-refractivity contribution in [2.45, 2.75) is 63.5 Å². The van der Waals surface area contributed by atoms with Gasteiger partial charge in [-0.25, -0.2) is 4.98 Å². The molecule has 0 radical (unpaired) electrons. The Morgan fingerprint density at radius 3 is 2.42 bits per heavy atom. The lowest BCUT2D eigenvalue weighted by Crippen LogP contribution is -2.47. The lowest BCUT2D eigenvalue weighted by molar-refractivity contribution is 0.0849. The average Bonchev–Trinajstić information content (AvgIpc) is 3.69. The number of para-hydroxylation sites is 1. The molecule has 2 amide bonds. The maximum atomic E-state index is 13.2. The summed E-state index contributed by atoms with van der Waals surface area (Å²) in [7, 11) is 0. The number of aromatic nitrogens is 1. The number of carbonyl (C=O) groups is 2. The Morgan fingerprint density at radius 2 is 1.70 bits per heavy atom. The third kappa shape index (κ3) is 5.84. The first-order chi connectivity index (χ1) is 19.4. The molecule has 1 saturated heterocycles. The number of anilines is 3. The largest absolute Gasteiger partial charge is 0.448 e. The maximum Gasteiger partial charge on any atom is 0.277 e. The van der Waals surface area contributed by atoms with Gasteiger partial charge in [0.1, 0.15) is 6.26 Å². The van der Waals surface area contributed by atoms with Crippen molar-refractivity contribution in [3.05, 3.63) is 71.4 Å². The van der Waals surface area contributed by atoms with Crippen molar-refractivity contribution in [2.75, 3.05) is 41.3 Å². The summed E-state index contributed by atoms with van der Waals surface area (Å²) in [5, 5.41) is 16.1. The lowest BCUT2D eigenvalue weighted by Gasteiger charge is -2.38. The van der Waals surface area contributed by atoms with Gasteiger partial charge in [0.05, 0.1) is 17.5 Å². The fourth-order valence-electron chi connectivity index (χ4n) is 5.82. The van der Waals surface area contributed by atoms with Gasteiger partial charge in [-0.15, -0.1) is 0 Å². The van der Waals surface area contributed by atoms with E-state index in [1.807, 2.05) is 12.1 Å². The highest BCUT2D eigenvalue weighted by atomic mass is 16.3. The summed E-state index contributed by atoms with van der Waals surface area (Å²) < 4.78 is 5.54. The number of carbonyl (C=O) groups excluding carboxylic acids is 2. The number of hydrogen-bond acceptors (Lipinski definition) is 7. The third-order valence-corrected chi connectivity index (χ3v) is 8.25. The molecule has 2 saturated carbocycles. The first-order valence-electron chi connectivity index (χ1n) is 14.4. The highest BCUT2D eigenvalue weighted by Crippen LogP contribution is 2.39. The van der Waals surface area contributed by atoms with Crippen LogP contribution < -0.4 is 20.4 Å². The van der Waals surface area contributed by atoms with Crippen molar-refractivity contribution in [2.24, 2.45) is 0 Å². The molecule has 3 aliphatic rings. The summed E-state index contributed by atoms with van der Waals surface area (Å²) in [4.78, 5) is 35.4. The van der Waals surface area contributed by atoms with Gasteiger partial charge in [-0.05, 0) is 75.3 Å². The van der Waals surface area contributed by atoms with Crippen molar-refractivity contribution in [3.63, 3.8) is 0 Å². The van der Waals surface area contributed by atoms with Crippen LogP contribution in [0, 0.1) is 6.92 Å². The number of benzene rings is 2. The van der Waals surface area contributed by atoms with Crippen LogP contribution in [0.15, 0.2) is 53.1 Å². The Labute approximate surface area is 234 Å². The average molecular weight is 544 g/mol. The first-order valence-corrected chi connectivity index (χ1v) is 14.4. The minimum Gasteiger partial charge on any atom is -0.448 e.